The third-order valence-electron chi connectivity index (χ3n) is 2.55. The molecule has 0 bridgehead atoms. The zero-order valence-corrected chi connectivity index (χ0v) is 12.7. The predicted octanol–water partition coefficient (Wildman–Crippen LogP) is 0.920. The maximum absolute atomic E-state index is 12.1. The highest BCUT2D eigenvalue weighted by Gasteiger charge is 2.17. The number of carbonyl (C=O) groups excluding carboxylic acids is 1. The van der Waals surface area contributed by atoms with E-state index in [1.807, 2.05) is 6.92 Å². The van der Waals surface area contributed by atoms with Crippen LogP contribution in [0.25, 0.3) is 0 Å². The van der Waals surface area contributed by atoms with E-state index in [9.17, 15) is 19.1 Å². The number of nitro groups is 1. The summed E-state index contributed by atoms with van der Waals surface area (Å²) < 4.78 is 11.0. The Kier molecular flexibility index (Phi) is 6.73. The number of anilines is 1. The lowest BCUT2D eigenvalue weighted by atomic mass is 10.2. The highest BCUT2D eigenvalue weighted by atomic mass is 32.2. The Morgan fingerprint density at radius 2 is 2.19 bits per heavy atom. The highest BCUT2D eigenvalue weighted by Crippen LogP contribution is 2.19. The fourth-order valence-electron chi connectivity index (χ4n) is 1.51. The molecule has 1 aromatic rings. The van der Waals surface area contributed by atoms with Crippen molar-refractivity contribution in [1.82, 2.24) is 10.3 Å². The Morgan fingerprint density at radius 3 is 2.76 bits per heavy atom. The summed E-state index contributed by atoms with van der Waals surface area (Å²) in [7, 11) is -1.01. The topological polar surface area (TPSA) is 114 Å². The van der Waals surface area contributed by atoms with E-state index in [0.717, 1.165) is 12.6 Å². The molecule has 9 heteroatoms. The summed E-state index contributed by atoms with van der Waals surface area (Å²) in [5.74, 6) is 0.152. The third kappa shape index (κ3) is 5.46. The second-order valence-electron chi connectivity index (χ2n) is 4.31. The van der Waals surface area contributed by atoms with Gasteiger partial charge < -0.3 is 10.6 Å². The van der Waals surface area contributed by atoms with Crippen molar-refractivity contribution in [3.05, 3.63) is 27.9 Å². The molecule has 1 amide bonds. The van der Waals surface area contributed by atoms with Crippen LogP contribution in [0.5, 0.6) is 0 Å². The average Bonchev–Trinajstić information content (AvgIpc) is 2.44. The van der Waals surface area contributed by atoms with Gasteiger partial charge in [0.25, 0.3) is 11.6 Å². The van der Waals surface area contributed by atoms with E-state index < -0.39 is 21.6 Å². The lowest BCUT2D eigenvalue weighted by Crippen LogP contribution is -2.28. The molecule has 116 valence electrons. The van der Waals surface area contributed by atoms with Crippen LogP contribution in [0.15, 0.2) is 12.3 Å². The van der Waals surface area contributed by atoms with E-state index in [0.29, 0.717) is 18.1 Å². The van der Waals surface area contributed by atoms with Gasteiger partial charge in [0, 0.05) is 42.0 Å². The van der Waals surface area contributed by atoms with Crippen molar-refractivity contribution < 1.29 is 13.9 Å². The van der Waals surface area contributed by atoms with Crippen LogP contribution in [0.3, 0.4) is 0 Å². The Labute approximate surface area is 124 Å². The predicted molar refractivity (Wildman–Crippen MR) is 80.9 cm³/mol. The largest absolute Gasteiger partial charge is 0.369 e. The minimum absolute atomic E-state index is 0.111. The van der Waals surface area contributed by atoms with Crippen LogP contribution in [-0.2, 0) is 10.8 Å². The van der Waals surface area contributed by atoms with E-state index in [1.165, 1.54) is 12.3 Å². The lowest BCUT2D eigenvalue weighted by Gasteiger charge is -2.10. The molecule has 1 atom stereocenters. The van der Waals surface area contributed by atoms with Crippen molar-refractivity contribution in [3.8, 4) is 0 Å². The number of nitrogens with one attached hydrogen (secondary N) is 2. The molecule has 0 aliphatic rings. The number of rotatable bonds is 8. The quantitative estimate of drug-likeness (QED) is 0.545. The number of hydrogen-bond acceptors (Lipinski definition) is 6. The first-order chi connectivity index (χ1) is 9.95. The number of nitrogens with zero attached hydrogens (tertiary/aromatic N) is 2. The molecule has 1 unspecified atom stereocenters. The van der Waals surface area contributed by atoms with Crippen LogP contribution in [0.4, 0.5) is 11.5 Å². The van der Waals surface area contributed by atoms with Gasteiger partial charge in [0.2, 0.25) is 0 Å². The van der Waals surface area contributed by atoms with Gasteiger partial charge >= 0.3 is 0 Å². The highest BCUT2D eigenvalue weighted by molar-refractivity contribution is 7.84. The minimum atomic E-state index is -1.01. The summed E-state index contributed by atoms with van der Waals surface area (Å²) in [5, 5.41) is 16.3. The summed E-state index contributed by atoms with van der Waals surface area (Å²) in [4.78, 5) is 26.2. The third-order valence-corrected chi connectivity index (χ3v) is 3.33. The number of pyridine rings is 1. The maximum Gasteiger partial charge on any atom is 0.288 e. The zero-order chi connectivity index (χ0) is 15.8. The molecule has 0 fully saturated rings. The number of hydrogen-bond donors (Lipinski definition) is 2. The molecule has 0 aliphatic carbocycles. The Bertz CT molecular complexity index is 550. The SMILES string of the molecule is CCCNc1ncc([N+](=O)[O-])cc1C(=O)NCCS(C)=O. The normalized spacial score (nSPS) is 11.7. The van der Waals surface area contributed by atoms with E-state index in [4.69, 9.17) is 0 Å². The molecule has 0 saturated heterocycles. The van der Waals surface area contributed by atoms with Gasteiger partial charge in [0.05, 0.1) is 10.5 Å². The molecular weight excluding hydrogens is 296 g/mol. The van der Waals surface area contributed by atoms with Crippen LogP contribution >= 0.6 is 0 Å². The maximum atomic E-state index is 12.1. The summed E-state index contributed by atoms with van der Waals surface area (Å²) in [5.41, 5.74) is -0.138. The number of amides is 1. The van der Waals surface area contributed by atoms with Gasteiger partial charge in [-0.3, -0.25) is 19.1 Å². The van der Waals surface area contributed by atoms with E-state index in [-0.39, 0.29) is 17.8 Å². The standard InChI is InChI=1S/C12H18N4O4S/c1-3-4-13-11-10(7-9(8-15-11)16(18)19)12(17)14-5-6-21(2)20/h7-8H,3-6H2,1-2H3,(H,13,15)(H,14,17). The summed E-state index contributed by atoms with van der Waals surface area (Å²) in [6.07, 6.45) is 3.47. The number of carbonyl (C=O) groups is 1. The van der Waals surface area contributed by atoms with Gasteiger partial charge in [0.1, 0.15) is 12.0 Å². The molecule has 1 aromatic heterocycles. The molecule has 0 saturated carbocycles. The van der Waals surface area contributed by atoms with Crippen molar-refractivity contribution in [2.45, 2.75) is 13.3 Å². The summed E-state index contributed by atoms with van der Waals surface area (Å²) >= 11 is 0. The first-order valence-electron chi connectivity index (χ1n) is 6.42. The van der Waals surface area contributed by atoms with Crippen LogP contribution in [-0.4, -0.2) is 45.1 Å². The van der Waals surface area contributed by atoms with Gasteiger partial charge in [-0.05, 0) is 6.42 Å². The minimum Gasteiger partial charge on any atom is -0.369 e. The van der Waals surface area contributed by atoms with Gasteiger partial charge in [-0.15, -0.1) is 0 Å². The van der Waals surface area contributed by atoms with Crippen LogP contribution in [0.2, 0.25) is 0 Å². The van der Waals surface area contributed by atoms with Crippen LogP contribution < -0.4 is 10.6 Å². The van der Waals surface area contributed by atoms with Crippen molar-refractivity contribution in [2.24, 2.45) is 0 Å². The zero-order valence-electron chi connectivity index (χ0n) is 11.9. The molecule has 0 spiro atoms. The molecule has 21 heavy (non-hydrogen) atoms. The van der Waals surface area contributed by atoms with Crippen LogP contribution in [0.1, 0.15) is 23.7 Å². The molecule has 1 rings (SSSR count). The average molecular weight is 314 g/mol. The first kappa shape index (κ1) is 17.0. The van der Waals surface area contributed by atoms with Gasteiger partial charge in [-0.25, -0.2) is 4.98 Å². The fraction of sp³-hybridized carbons (Fsp3) is 0.500. The molecule has 2 N–H and O–H groups in total. The van der Waals surface area contributed by atoms with Gasteiger partial charge in [-0.2, -0.15) is 0 Å². The van der Waals surface area contributed by atoms with E-state index in [2.05, 4.69) is 15.6 Å². The molecule has 0 aromatic carbocycles. The summed E-state index contributed by atoms with van der Waals surface area (Å²) in [6, 6.07) is 1.18. The molecule has 0 aliphatic heterocycles. The number of aromatic nitrogens is 1. The summed E-state index contributed by atoms with van der Waals surface area (Å²) in [6.45, 7) is 2.79. The smallest absolute Gasteiger partial charge is 0.288 e. The second-order valence-corrected chi connectivity index (χ2v) is 5.86. The molecule has 0 radical (unpaired) electrons. The fourth-order valence-corrected chi connectivity index (χ4v) is 1.90. The van der Waals surface area contributed by atoms with Crippen molar-refractivity contribution in [3.63, 3.8) is 0 Å². The molecule has 8 nitrogen and oxygen atoms in total. The van der Waals surface area contributed by atoms with Crippen molar-refractivity contribution in [2.75, 3.05) is 30.4 Å². The van der Waals surface area contributed by atoms with E-state index >= 15 is 0 Å². The Morgan fingerprint density at radius 1 is 1.48 bits per heavy atom. The Balaban J connectivity index is 2.92. The first-order valence-corrected chi connectivity index (χ1v) is 8.15. The second kappa shape index (κ2) is 8.30. The molecule has 1 heterocycles. The van der Waals surface area contributed by atoms with Crippen LogP contribution in [0, 0.1) is 10.1 Å². The van der Waals surface area contributed by atoms with Crippen molar-refractivity contribution in [1.29, 1.82) is 0 Å². The van der Waals surface area contributed by atoms with Gasteiger partial charge in [-0.1, -0.05) is 6.92 Å². The Hall–Kier alpha value is -2.03. The lowest BCUT2D eigenvalue weighted by molar-refractivity contribution is -0.385. The molecular formula is C12H18N4O4S. The monoisotopic (exact) mass is 314 g/mol. The van der Waals surface area contributed by atoms with Gasteiger partial charge in [0.15, 0.2) is 0 Å². The van der Waals surface area contributed by atoms with Crippen molar-refractivity contribution >= 4 is 28.2 Å². The van der Waals surface area contributed by atoms with E-state index in [1.54, 1.807) is 0 Å².